The summed E-state index contributed by atoms with van der Waals surface area (Å²) in [6.45, 7) is 1.64. The molecule has 1 amide bonds. The van der Waals surface area contributed by atoms with E-state index in [-0.39, 0.29) is 6.54 Å². The lowest BCUT2D eigenvalue weighted by molar-refractivity contribution is -0.124. The van der Waals surface area contributed by atoms with Crippen LogP contribution in [0, 0.1) is 0 Å². The molecule has 0 aliphatic rings. The first kappa shape index (κ1) is 10.1. The first-order valence-corrected chi connectivity index (χ1v) is 3.33. The Bertz CT molecular complexity index is 149. The third-order valence-corrected chi connectivity index (χ3v) is 1.16. The fourth-order valence-corrected chi connectivity index (χ4v) is 0.472. The van der Waals surface area contributed by atoms with Crippen LogP contribution in [0.1, 0.15) is 6.92 Å². The second-order valence-corrected chi connectivity index (χ2v) is 2.28. The highest BCUT2D eigenvalue weighted by Crippen LogP contribution is 1.78. The fraction of sp³-hybridized carbons (Fsp3) is 0.667. The van der Waals surface area contributed by atoms with Crippen molar-refractivity contribution >= 4 is 12.2 Å². The lowest BCUT2D eigenvalue weighted by atomic mass is 10.2. The summed E-state index contributed by atoms with van der Waals surface area (Å²) in [7, 11) is 0. The molecule has 0 radical (unpaired) electrons. The highest BCUT2D eigenvalue weighted by molar-refractivity contribution is 5.84. The smallest absolute Gasteiger partial charge is 0.238 e. The molecule has 0 aliphatic heterocycles. The number of carbonyl (C=O) groups is 2. The molecule has 0 aliphatic carbocycles. The number of aldehydes is 1. The summed E-state index contributed by atoms with van der Waals surface area (Å²) >= 11 is 0. The Kier molecular flexibility index (Phi) is 4.40. The zero-order valence-corrected chi connectivity index (χ0v) is 6.41. The molecule has 0 saturated carbocycles. The van der Waals surface area contributed by atoms with E-state index >= 15 is 0 Å². The molecule has 0 fully saturated rings. The zero-order chi connectivity index (χ0) is 8.85. The summed E-state index contributed by atoms with van der Waals surface area (Å²) in [6.07, 6.45) is 0.626. The predicted octanol–water partition coefficient (Wildman–Crippen LogP) is -2.02. The summed E-state index contributed by atoms with van der Waals surface area (Å²) < 4.78 is 0. The van der Waals surface area contributed by atoms with Crippen molar-refractivity contribution in [2.75, 3.05) is 6.54 Å². The van der Waals surface area contributed by atoms with Crippen molar-refractivity contribution in [1.29, 1.82) is 0 Å². The van der Waals surface area contributed by atoms with Crippen LogP contribution in [0.2, 0.25) is 0 Å². The first-order valence-electron chi connectivity index (χ1n) is 3.33. The average molecular weight is 159 g/mol. The summed E-state index contributed by atoms with van der Waals surface area (Å²) in [4.78, 5) is 20.9. The minimum Gasteiger partial charge on any atom is -0.345 e. The molecular weight excluding hydrogens is 146 g/mol. The molecule has 0 rings (SSSR count). The van der Waals surface area contributed by atoms with Crippen LogP contribution < -0.4 is 16.8 Å². The second kappa shape index (κ2) is 4.81. The van der Waals surface area contributed by atoms with Gasteiger partial charge in [-0.1, -0.05) is 0 Å². The van der Waals surface area contributed by atoms with Crippen LogP contribution in [0.5, 0.6) is 0 Å². The maximum atomic E-state index is 10.9. The standard InChI is InChI=1S/C6H13N3O2/c1-4(3-10)9-6(11)5(8)2-7/h3-5H,2,7-8H2,1H3,(H,9,11)/t4-,5+/m0/s1. The van der Waals surface area contributed by atoms with E-state index in [4.69, 9.17) is 11.5 Å². The minimum absolute atomic E-state index is 0.0808. The van der Waals surface area contributed by atoms with E-state index in [0.717, 1.165) is 0 Å². The van der Waals surface area contributed by atoms with Crippen LogP contribution in [-0.2, 0) is 9.59 Å². The molecule has 5 nitrogen and oxygen atoms in total. The largest absolute Gasteiger partial charge is 0.345 e. The van der Waals surface area contributed by atoms with Gasteiger partial charge in [-0.05, 0) is 6.92 Å². The van der Waals surface area contributed by atoms with Crippen molar-refractivity contribution in [2.24, 2.45) is 11.5 Å². The van der Waals surface area contributed by atoms with Gasteiger partial charge in [0.05, 0.1) is 12.1 Å². The van der Waals surface area contributed by atoms with Gasteiger partial charge in [0.2, 0.25) is 5.91 Å². The third kappa shape index (κ3) is 3.69. The van der Waals surface area contributed by atoms with Gasteiger partial charge in [0.25, 0.3) is 0 Å². The van der Waals surface area contributed by atoms with Gasteiger partial charge >= 0.3 is 0 Å². The number of rotatable bonds is 4. The molecule has 0 bridgehead atoms. The van der Waals surface area contributed by atoms with Crippen LogP contribution in [-0.4, -0.2) is 30.8 Å². The molecule has 2 atom stereocenters. The van der Waals surface area contributed by atoms with Crippen molar-refractivity contribution in [3.8, 4) is 0 Å². The number of hydrogen-bond acceptors (Lipinski definition) is 4. The summed E-state index contributed by atoms with van der Waals surface area (Å²) in [5, 5.41) is 2.37. The quantitative estimate of drug-likeness (QED) is 0.412. The summed E-state index contributed by atoms with van der Waals surface area (Å²) in [5.74, 6) is -0.396. The van der Waals surface area contributed by atoms with Gasteiger partial charge in [-0.2, -0.15) is 0 Å². The van der Waals surface area contributed by atoms with Crippen molar-refractivity contribution in [1.82, 2.24) is 5.32 Å². The monoisotopic (exact) mass is 159 g/mol. The molecular formula is C6H13N3O2. The van der Waals surface area contributed by atoms with Gasteiger partial charge < -0.3 is 21.6 Å². The Morgan fingerprint density at radius 1 is 1.73 bits per heavy atom. The van der Waals surface area contributed by atoms with Crippen LogP contribution >= 0.6 is 0 Å². The third-order valence-electron chi connectivity index (χ3n) is 1.16. The lowest BCUT2D eigenvalue weighted by Gasteiger charge is -2.11. The Morgan fingerprint density at radius 3 is 2.64 bits per heavy atom. The number of hydrogen-bond donors (Lipinski definition) is 3. The normalized spacial score (nSPS) is 15.2. The van der Waals surface area contributed by atoms with Crippen LogP contribution in [0.4, 0.5) is 0 Å². The molecule has 0 aromatic rings. The van der Waals surface area contributed by atoms with Crippen LogP contribution in [0.25, 0.3) is 0 Å². The van der Waals surface area contributed by atoms with Gasteiger partial charge in [-0.15, -0.1) is 0 Å². The predicted molar refractivity (Wildman–Crippen MR) is 40.7 cm³/mol. The van der Waals surface area contributed by atoms with Crippen molar-refractivity contribution < 1.29 is 9.59 Å². The van der Waals surface area contributed by atoms with E-state index < -0.39 is 18.0 Å². The van der Waals surface area contributed by atoms with Gasteiger partial charge in [-0.3, -0.25) is 4.79 Å². The summed E-state index contributed by atoms with van der Waals surface area (Å²) in [5.41, 5.74) is 10.4. The molecule has 64 valence electrons. The number of nitrogens with two attached hydrogens (primary N) is 2. The van der Waals surface area contributed by atoms with Crippen LogP contribution in [0.15, 0.2) is 0 Å². The number of amides is 1. The molecule has 0 spiro atoms. The Morgan fingerprint density at radius 2 is 2.27 bits per heavy atom. The minimum atomic E-state index is -0.725. The van der Waals surface area contributed by atoms with Crippen molar-refractivity contribution in [2.45, 2.75) is 19.0 Å². The summed E-state index contributed by atoms with van der Waals surface area (Å²) in [6, 6.07) is -1.22. The fourth-order valence-electron chi connectivity index (χ4n) is 0.472. The molecule has 0 heterocycles. The van der Waals surface area contributed by atoms with Gasteiger partial charge in [0.15, 0.2) is 0 Å². The van der Waals surface area contributed by atoms with Crippen molar-refractivity contribution in [3.63, 3.8) is 0 Å². The molecule has 0 aromatic heterocycles. The van der Waals surface area contributed by atoms with Gasteiger partial charge in [0.1, 0.15) is 6.29 Å². The van der Waals surface area contributed by atoms with E-state index in [9.17, 15) is 9.59 Å². The molecule has 0 saturated heterocycles. The maximum Gasteiger partial charge on any atom is 0.238 e. The average Bonchev–Trinajstić information content (AvgIpc) is 2.02. The van der Waals surface area contributed by atoms with E-state index in [1.165, 1.54) is 0 Å². The first-order chi connectivity index (χ1) is 5.11. The highest BCUT2D eigenvalue weighted by atomic mass is 16.2. The van der Waals surface area contributed by atoms with Gasteiger partial charge in [-0.25, -0.2) is 0 Å². The lowest BCUT2D eigenvalue weighted by Crippen LogP contribution is -2.48. The van der Waals surface area contributed by atoms with Crippen molar-refractivity contribution in [3.05, 3.63) is 0 Å². The maximum absolute atomic E-state index is 10.9. The van der Waals surface area contributed by atoms with E-state index in [0.29, 0.717) is 6.29 Å². The Hall–Kier alpha value is -0.940. The SMILES string of the molecule is C[C@@H](C=O)NC(=O)[C@H](N)CN. The zero-order valence-electron chi connectivity index (χ0n) is 6.41. The molecule has 0 unspecified atom stereocenters. The van der Waals surface area contributed by atoms with E-state index in [2.05, 4.69) is 5.32 Å². The Labute approximate surface area is 65.1 Å². The molecule has 11 heavy (non-hydrogen) atoms. The highest BCUT2D eigenvalue weighted by Gasteiger charge is 2.12. The topological polar surface area (TPSA) is 98.2 Å². The molecule has 5 N–H and O–H groups in total. The van der Waals surface area contributed by atoms with E-state index in [1.807, 2.05) is 0 Å². The molecule has 5 heteroatoms. The second-order valence-electron chi connectivity index (χ2n) is 2.28. The molecule has 0 aromatic carbocycles. The van der Waals surface area contributed by atoms with E-state index in [1.54, 1.807) is 6.92 Å². The number of nitrogens with one attached hydrogen (secondary N) is 1. The van der Waals surface area contributed by atoms with Crippen LogP contribution in [0.3, 0.4) is 0 Å². The van der Waals surface area contributed by atoms with Gasteiger partial charge in [0, 0.05) is 6.54 Å². The Balaban J connectivity index is 3.76. The number of carbonyl (C=O) groups excluding carboxylic acids is 2.